The average molecular weight is 355 g/mol. The fourth-order valence-electron chi connectivity index (χ4n) is 1.87. The van der Waals surface area contributed by atoms with Crippen LogP contribution in [-0.4, -0.2) is 24.8 Å². The van der Waals surface area contributed by atoms with E-state index in [-0.39, 0.29) is 10.9 Å². The van der Waals surface area contributed by atoms with E-state index in [4.69, 9.17) is 0 Å². The monoisotopic (exact) mass is 354 g/mol. The van der Waals surface area contributed by atoms with Gasteiger partial charge in [-0.25, -0.2) is 8.42 Å². The summed E-state index contributed by atoms with van der Waals surface area (Å²) in [4.78, 5) is 4.21. The quantitative estimate of drug-likeness (QED) is 0.846. The fourth-order valence-corrected chi connectivity index (χ4v) is 4.18. The van der Waals surface area contributed by atoms with Crippen molar-refractivity contribution in [3.63, 3.8) is 0 Å². The molecule has 0 bridgehead atoms. The number of hydrogen-bond donors (Lipinski definition) is 0. The zero-order valence-corrected chi connectivity index (χ0v) is 13.6. The molecule has 0 amide bonds. The molecular weight excluding hydrogens is 340 g/mol. The minimum Gasteiger partial charge on any atom is -0.265 e. The van der Waals surface area contributed by atoms with Crippen molar-refractivity contribution < 1.29 is 8.42 Å². The Morgan fingerprint density at radius 2 is 1.75 bits per heavy atom. The first-order valence-corrected chi connectivity index (χ1v) is 8.30. The smallest absolute Gasteiger partial charge is 0.244 e. The van der Waals surface area contributed by atoms with Gasteiger partial charge in [0.2, 0.25) is 10.0 Å². The molecule has 0 aliphatic carbocycles. The van der Waals surface area contributed by atoms with Crippen molar-refractivity contribution in [1.29, 1.82) is 0 Å². The normalized spacial score (nSPS) is 13.4. The lowest BCUT2D eigenvalue weighted by Gasteiger charge is -2.25. The molecule has 106 valence electrons. The Labute approximate surface area is 127 Å². The summed E-state index contributed by atoms with van der Waals surface area (Å²) in [6.07, 6.45) is 3.31. The van der Waals surface area contributed by atoms with Crippen LogP contribution in [0.3, 0.4) is 0 Å². The van der Waals surface area contributed by atoms with Gasteiger partial charge in [0.1, 0.15) is 0 Å². The molecule has 1 aromatic heterocycles. The summed E-state index contributed by atoms with van der Waals surface area (Å²) in [6.45, 7) is 1.85. The molecule has 1 heterocycles. The number of aromatic nitrogens is 1. The van der Waals surface area contributed by atoms with Crippen LogP contribution in [0.25, 0.3) is 0 Å². The maximum Gasteiger partial charge on any atom is 0.244 e. The SMILES string of the molecule is CC(c1ccncc1)N(C)S(=O)(=O)c1ccccc1Br. The number of hydrogen-bond acceptors (Lipinski definition) is 3. The number of sulfonamides is 1. The zero-order chi connectivity index (χ0) is 14.8. The second-order valence-electron chi connectivity index (χ2n) is 4.41. The number of pyridine rings is 1. The maximum absolute atomic E-state index is 12.6. The van der Waals surface area contributed by atoms with E-state index in [0.29, 0.717) is 4.47 Å². The second-order valence-corrected chi connectivity index (χ2v) is 7.23. The van der Waals surface area contributed by atoms with Crippen LogP contribution in [0.1, 0.15) is 18.5 Å². The average Bonchev–Trinajstić information content (AvgIpc) is 2.47. The minimum atomic E-state index is -3.55. The van der Waals surface area contributed by atoms with Crippen molar-refractivity contribution in [2.75, 3.05) is 7.05 Å². The van der Waals surface area contributed by atoms with Crippen molar-refractivity contribution in [2.24, 2.45) is 0 Å². The Hall–Kier alpha value is -1.24. The van der Waals surface area contributed by atoms with Crippen molar-refractivity contribution in [3.8, 4) is 0 Å². The van der Waals surface area contributed by atoms with E-state index in [9.17, 15) is 8.42 Å². The molecule has 6 heteroatoms. The molecule has 2 aromatic rings. The molecule has 0 radical (unpaired) electrons. The van der Waals surface area contributed by atoms with Gasteiger partial charge in [0, 0.05) is 30.0 Å². The van der Waals surface area contributed by atoms with Crippen LogP contribution >= 0.6 is 15.9 Å². The Kier molecular flexibility index (Phi) is 4.57. The van der Waals surface area contributed by atoms with Crippen LogP contribution in [0.4, 0.5) is 0 Å². The van der Waals surface area contributed by atoms with Gasteiger partial charge in [-0.3, -0.25) is 4.98 Å². The van der Waals surface area contributed by atoms with Gasteiger partial charge in [0.05, 0.1) is 4.90 Å². The van der Waals surface area contributed by atoms with E-state index < -0.39 is 10.0 Å². The lowest BCUT2D eigenvalue weighted by Crippen LogP contribution is -2.30. The topological polar surface area (TPSA) is 50.3 Å². The summed E-state index contributed by atoms with van der Waals surface area (Å²) in [5.41, 5.74) is 0.901. The number of rotatable bonds is 4. The molecule has 0 spiro atoms. The predicted octanol–water partition coefficient (Wildman–Crippen LogP) is 3.23. The van der Waals surface area contributed by atoms with Crippen LogP contribution in [0, 0.1) is 0 Å². The van der Waals surface area contributed by atoms with Crippen molar-refractivity contribution in [3.05, 3.63) is 58.8 Å². The minimum absolute atomic E-state index is 0.267. The molecule has 0 fully saturated rings. The summed E-state index contributed by atoms with van der Waals surface area (Å²) < 4.78 is 27.2. The van der Waals surface area contributed by atoms with Crippen LogP contribution in [0.2, 0.25) is 0 Å². The van der Waals surface area contributed by atoms with Crippen LogP contribution in [0.5, 0.6) is 0 Å². The largest absolute Gasteiger partial charge is 0.265 e. The predicted molar refractivity (Wildman–Crippen MR) is 81.7 cm³/mol. The first-order chi connectivity index (χ1) is 9.44. The van der Waals surface area contributed by atoms with E-state index >= 15 is 0 Å². The summed E-state index contributed by atoms with van der Waals surface area (Å²) in [6, 6.07) is 10.2. The highest BCUT2D eigenvalue weighted by atomic mass is 79.9. The Balaban J connectivity index is 2.38. The number of nitrogens with zero attached hydrogens (tertiary/aromatic N) is 2. The molecule has 0 saturated carbocycles. The molecule has 0 N–H and O–H groups in total. The summed E-state index contributed by atoms with van der Waals surface area (Å²) in [7, 11) is -1.97. The molecule has 1 aromatic carbocycles. The highest BCUT2D eigenvalue weighted by Crippen LogP contribution is 2.29. The third-order valence-electron chi connectivity index (χ3n) is 3.23. The number of benzene rings is 1. The van der Waals surface area contributed by atoms with Crippen LogP contribution < -0.4 is 0 Å². The lowest BCUT2D eigenvalue weighted by atomic mass is 10.1. The molecule has 0 aliphatic heterocycles. The van der Waals surface area contributed by atoms with Gasteiger partial charge in [-0.2, -0.15) is 4.31 Å². The zero-order valence-electron chi connectivity index (χ0n) is 11.2. The van der Waals surface area contributed by atoms with Gasteiger partial charge < -0.3 is 0 Å². The first kappa shape index (κ1) is 15.2. The van der Waals surface area contributed by atoms with E-state index in [1.807, 2.05) is 19.1 Å². The third kappa shape index (κ3) is 2.92. The van der Waals surface area contributed by atoms with E-state index in [0.717, 1.165) is 5.56 Å². The molecule has 1 atom stereocenters. The summed E-state index contributed by atoms with van der Waals surface area (Å²) in [5, 5.41) is 0. The highest BCUT2D eigenvalue weighted by molar-refractivity contribution is 9.10. The summed E-state index contributed by atoms with van der Waals surface area (Å²) in [5.74, 6) is 0. The fraction of sp³-hybridized carbons (Fsp3) is 0.214. The van der Waals surface area contributed by atoms with Crippen molar-refractivity contribution >= 4 is 26.0 Å². The Morgan fingerprint density at radius 1 is 1.15 bits per heavy atom. The Morgan fingerprint density at radius 3 is 2.35 bits per heavy atom. The lowest BCUT2D eigenvalue weighted by molar-refractivity contribution is 0.398. The van der Waals surface area contributed by atoms with Gasteiger partial charge in [0.25, 0.3) is 0 Å². The van der Waals surface area contributed by atoms with Gasteiger partial charge in [-0.15, -0.1) is 0 Å². The standard InChI is InChI=1S/C14H15BrN2O2S/c1-11(12-7-9-16-10-8-12)17(2)20(18,19)14-6-4-3-5-13(14)15/h3-11H,1-2H3. The van der Waals surface area contributed by atoms with Gasteiger partial charge in [-0.1, -0.05) is 12.1 Å². The molecule has 0 aliphatic rings. The van der Waals surface area contributed by atoms with Gasteiger partial charge in [-0.05, 0) is 52.7 Å². The van der Waals surface area contributed by atoms with Gasteiger partial charge >= 0.3 is 0 Å². The van der Waals surface area contributed by atoms with Crippen molar-refractivity contribution in [2.45, 2.75) is 17.9 Å². The highest BCUT2D eigenvalue weighted by Gasteiger charge is 2.27. The van der Waals surface area contributed by atoms with Crippen LogP contribution in [0.15, 0.2) is 58.2 Å². The molecule has 1 unspecified atom stereocenters. The molecule has 2 rings (SSSR count). The summed E-state index contributed by atoms with van der Waals surface area (Å²) >= 11 is 3.29. The van der Waals surface area contributed by atoms with E-state index in [1.54, 1.807) is 43.7 Å². The number of halogens is 1. The molecular formula is C14H15BrN2O2S. The molecule has 4 nitrogen and oxygen atoms in total. The second kappa shape index (κ2) is 6.03. The molecule has 20 heavy (non-hydrogen) atoms. The van der Waals surface area contributed by atoms with Gasteiger partial charge in [0.15, 0.2) is 0 Å². The first-order valence-electron chi connectivity index (χ1n) is 6.07. The van der Waals surface area contributed by atoms with Crippen LogP contribution in [-0.2, 0) is 10.0 Å². The maximum atomic E-state index is 12.6. The molecule has 0 saturated heterocycles. The van der Waals surface area contributed by atoms with E-state index in [1.165, 1.54) is 4.31 Å². The van der Waals surface area contributed by atoms with E-state index in [2.05, 4.69) is 20.9 Å². The third-order valence-corrected chi connectivity index (χ3v) is 6.17. The Bertz CT molecular complexity index is 689. The van der Waals surface area contributed by atoms with Crippen molar-refractivity contribution in [1.82, 2.24) is 9.29 Å².